The first kappa shape index (κ1) is 15.2. The van der Waals surface area contributed by atoms with Crippen molar-refractivity contribution in [3.63, 3.8) is 0 Å². The predicted octanol–water partition coefficient (Wildman–Crippen LogP) is 2.52. The highest BCUT2D eigenvalue weighted by molar-refractivity contribution is 7.92. The number of halogens is 1. The van der Waals surface area contributed by atoms with Crippen molar-refractivity contribution in [2.45, 2.75) is 11.8 Å². The molecule has 3 aromatic rings. The quantitative estimate of drug-likeness (QED) is 0.796. The molecule has 0 fully saturated rings. The van der Waals surface area contributed by atoms with Gasteiger partial charge < -0.3 is 0 Å². The fraction of sp³-hybridized carbons (Fsp3) is 0.0667. The summed E-state index contributed by atoms with van der Waals surface area (Å²) < 4.78 is 41.7. The van der Waals surface area contributed by atoms with E-state index < -0.39 is 15.8 Å². The molecule has 2 aromatic heterocycles. The lowest BCUT2D eigenvalue weighted by molar-refractivity contribution is 0.601. The van der Waals surface area contributed by atoms with Crippen LogP contribution in [0.4, 0.5) is 10.1 Å². The Labute approximate surface area is 132 Å². The first-order chi connectivity index (χ1) is 11.0. The monoisotopic (exact) mass is 332 g/mol. The molecule has 1 N–H and O–H groups in total. The van der Waals surface area contributed by atoms with E-state index in [0.29, 0.717) is 17.1 Å². The van der Waals surface area contributed by atoms with E-state index >= 15 is 0 Å². The Balaban J connectivity index is 1.90. The number of nitrogens with zero attached hydrogens (tertiary/aromatic N) is 3. The number of rotatable bonds is 4. The number of sulfonamides is 1. The van der Waals surface area contributed by atoms with E-state index in [9.17, 15) is 12.8 Å². The molecule has 0 saturated carbocycles. The first-order valence-electron chi connectivity index (χ1n) is 6.71. The topological polar surface area (TPSA) is 76.9 Å². The van der Waals surface area contributed by atoms with Gasteiger partial charge in [-0.25, -0.2) is 22.5 Å². The van der Waals surface area contributed by atoms with Gasteiger partial charge in [0.25, 0.3) is 10.0 Å². The summed E-state index contributed by atoms with van der Waals surface area (Å²) in [4.78, 5) is 4.09. The van der Waals surface area contributed by atoms with Gasteiger partial charge >= 0.3 is 0 Å². The molecule has 0 bridgehead atoms. The summed E-state index contributed by atoms with van der Waals surface area (Å²) in [6.45, 7) is 1.62. The predicted molar refractivity (Wildman–Crippen MR) is 83.3 cm³/mol. The van der Waals surface area contributed by atoms with Crippen LogP contribution in [0.1, 0.15) is 5.56 Å². The molecule has 0 unspecified atom stereocenters. The average molecular weight is 332 g/mol. The Bertz CT molecular complexity index is 939. The van der Waals surface area contributed by atoms with Crippen molar-refractivity contribution in [1.82, 2.24) is 14.8 Å². The SMILES string of the molecule is Cc1cc(F)ccc1NS(=O)(=O)c1cnn(-c2ccccn2)c1. The molecule has 0 amide bonds. The van der Waals surface area contributed by atoms with Gasteiger partial charge in [0, 0.05) is 6.20 Å². The zero-order valence-corrected chi connectivity index (χ0v) is 13.0. The summed E-state index contributed by atoms with van der Waals surface area (Å²) in [5.74, 6) is 0.0836. The van der Waals surface area contributed by atoms with Crippen molar-refractivity contribution in [1.29, 1.82) is 0 Å². The highest BCUT2D eigenvalue weighted by Gasteiger charge is 2.18. The molecule has 3 rings (SSSR count). The minimum absolute atomic E-state index is 0.00752. The number of benzene rings is 1. The molecule has 0 aliphatic rings. The van der Waals surface area contributed by atoms with Gasteiger partial charge in [-0.05, 0) is 42.8 Å². The molecule has 0 aliphatic carbocycles. The summed E-state index contributed by atoms with van der Waals surface area (Å²) in [5.41, 5.74) is 0.808. The molecule has 118 valence electrons. The lowest BCUT2D eigenvalue weighted by Crippen LogP contribution is -2.13. The lowest BCUT2D eigenvalue weighted by atomic mass is 10.2. The molecule has 8 heteroatoms. The molecule has 2 heterocycles. The van der Waals surface area contributed by atoms with Crippen molar-refractivity contribution < 1.29 is 12.8 Å². The maximum absolute atomic E-state index is 13.1. The van der Waals surface area contributed by atoms with E-state index in [4.69, 9.17) is 0 Å². The number of nitrogens with one attached hydrogen (secondary N) is 1. The standard InChI is InChI=1S/C15H13FN4O2S/c1-11-8-12(16)5-6-14(11)19-23(21,22)13-9-18-20(10-13)15-4-2-3-7-17-15/h2-10,19H,1H3. The van der Waals surface area contributed by atoms with Crippen molar-refractivity contribution >= 4 is 15.7 Å². The number of anilines is 1. The third-order valence-electron chi connectivity index (χ3n) is 3.19. The van der Waals surface area contributed by atoms with Crippen molar-refractivity contribution in [3.05, 3.63) is 66.4 Å². The van der Waals surface area contributed by atoms with E-state index in [2.05, 4.69) is 14.8 Å². The van der Waals surface area contributed by atoms with Crippen LogP contribution in [0.25, 0.3) is 5.82 Å². The van der Waals surface area contributed by atoms with Gasteiger partial charge in [0.05, 0.1) is 18.1 Å². The Morgan fingerprint density at radius 1 is 1.22 bits per heavy atom. The molecule has 0 saturated heterocycles. The Hall–Kier alpha value is -2.74. The maximum Gasteiger partial charge on any atom is 0.265 e. The highest BCUT2D eigenvalue weighted by Crippen LogP contribution is 2.20. The van der Waals surface area contributed by atoms with E-state index in [1.807, 2.05) is 0 Å². The van der Waals surface area contributed by atoms with E-state index in [-0.39, 0.29) is 4.90 Å². The molecule has 1 aromatic carbocycles. The Morgan fingerprint density at radius 3 is 2.74 bits per heavy atom. The second-order valence-electron chi connectivity index (χ2n) is 4.87. The summed E-state index contributed by atoms with van der Waals surface area (Å²) in [5, 5.41) is 4.01. The van der Waals surface area contributed by atoms with Crippen LogP contribution in [-0.2, 0) is 10.0 Å². The third kappa shape index (κ3) is 3.21. The van der Waals surface area contributed by atoms with E-state index in [1.165, 1.54) is 35.3 Å². The van der Waals surface area contributed by atoms with Crippen LogP contribution in [0.3, 0.4) is 0 Å². The van der Waals surface area contributed by atoms with Crippen LogP contribution in [0.2, 0.25) is 0 Å². The molecular weight excluding hydrogens is 319 g/mol. The molecule has 0 radical (unpaired) electrons. The lowest BCUT2D eigenvalue weighted by Gasteiger charge is -2.09. The van der Waals surface area contributed by atoms with Gasteiger partial charge in [0.2, 0.25) is 0 Å². The molecule has 0 spiro atoms. The zero-order valence-electron chi connectivity index (χ0n) is 12.1. The molecule has 6 nitrogen and oxygen atoms in total. The largest absolute Gasteiger partial charge is 0.279 e. The molecule has 23 heavy (non-hydrogen) atoms. The minimum Gasteiger partial charge on any atom is -0.279 e. The fourth-order valence-corrected chi connectivity index (χ4v) is 3.07. The van der Waals surface area contributed by atoms with Crippen molar-refractivity contribution in [3.8, 4) is 5.82 Å². The zero-order chi connectivity index (χ0) is 16.4. The Kier molecular flexibility index (Phi) is 3.83. The number of hydrogen-bond acceptors (Lipinski definition) is 4. The van der Waals surface area contributed by atoms with Crippen LogP contribution in [0, 0.1) is 12.7 Å². The van der Waals surface area contributed by atoms with E-state index in [0.717, 1.165) is 0 Å². The van der Waals surface area contributed by atoms with Crippen LogP contribution < -0.4 is 4.72 Å². The van der Waals surface area contributed by atoms with Gasteiger partial charge in [-0.1, -0.05) is 6.07 Å². The van der Waals surface area contributed by atoms with Crippen molar-refractivity contribution in [2.24, 2.45) is 0 Å². The summed E-state index contributed by atoms with van der Waals surface area (Å²) in [6, 6.07) is 9.07. The smallest absolute Gasteiger partial charge is 0.265 e. The van der Waals surface area contributed by atoms with E-state index in [1.54, 1.807) is 31.3 Å². The number of hydrogen-bond donors (Lipinski definition) is 1. The minimum atomic E-state index is -3.82. The summed E-state index contributed by atoms with van der Waals surface area (Å²) in [6.07, 6.45) is 4.19. The van der Waals surface area contributed by atoms with Gasteiger partial charge in [-0.2, -0.15) is 5.10 Å². The second-order valence-corrected chi connectivity index (χ2v) is 6.56. The van der Waals surface area contributed by atoms with Crippen LogP contribution in [0.5, 0.6) is 0 Å². The van der Waals surface area contributed by atoms with Gasteiger partial charge in [0.1, 0.15) is 10.7 Å². The first-order valence-corrected chi connectivity index (χ1v) is 8.19. The number of aryl methyl sites for hydroxylation is 1. The van der Waals surface area contributed by atoms with Crippen molar-refractivity contribution in [2.75, 3.05) is 4.72 Å². The second kappa shape index (κ2) is 5.81. The summed E-state index contributed by atoms with van der Waals surface area (Å²) >= 11 is 0. The van der Waals surface area contributed by atoms with Gasteiger partial charge in [-0.3, -0.25) is 4.72 Å². The molecule has 0 atom stereocenters. The summed E-state index contributed by atoms with van der Waals surface area (Å²) in [7, 11) is -3.82. The third-order valence-corrected chi connectivity index (χ3v) is 4.51. The number of aromatic nitrogens is 3. The van der Waals surface area contributed by atoms with Crippen LogP contribution in [0.15, 0.2) is 59.9 Å². The highest BCUT2D eigenvalue weighted by atomic mass is 32.2. The maximum atomic E-state index is 13.1. The molecule has 0 aliphatic heterocycles. The van der Waals surface area contributed by atoms with Gasteiger partial charge in [-0.15, -0.1) is 0 Å². The average Bonchev–Trinajstić information content (AvgIpc) is 3.02. The van der Waals surface area contributed by atoms with Gasteiger partial charge in [0.15, 0.2) is 5.82 Å². The van der Waals surface area contributed by atoms with Crippen LogP contribution >= 0.6 is 0 Å². The van der Waals surface area contributed by atoms with Crippen LogP contribution in [-0.4, -0.2) is 23.2 Å². The number of pyridine rings is 1. The normalized spacial score (nSPS) is 11.4. The Morgan fingerprint density at radius 2 is 2.04 bits per heavy atom. The molecular formula is C15H13FN4O2S. The fourth-order valence-electron chi connectivity index (χ4n) is 2.00.